The fourth-order valence-corrected chi connectivity index (χ4v) is 2.49. The highest BCUT2D eigenvalue weighted by Crippen LogP contribution is 2.23. The first kappa shape index (κ1) is 15.0. The molecule has 1 N–H and O–H groups in total. The van der Waals surface area contributed by atoms with E-state index in [4.69, 9.17) is 11.6 Å². The van der Waals surface area contributed by atoms with Crippen LogP contribution < -0.4 is 4.72 Å². The number of hydrogen-bond acceptors (Lipinski definition) is 3. The van der Waals surface area contributed by atoms with E-state index >= 15 is 0 Å². The van der Waals surface area contributed by atoms with Gasteiger partial charge in [0.1, 0.15) is 0 Å². The van der Waals surface area contributed by atoms with Crippen LogP contribution in [0.4, 0.5) is 18.9 Å². The molecule has 1 rings (SSSR count). The minimum Gasteiger partial charge on any atom is -0.280 e. The van der Waals surface area contributed by atoms with Crippen molar-refractivity contribution >= 4 is 27.3 Å². The van der Waals surface area contributed by atoms with Crippen molar-refractivity contribution in [2.45, 2.75) is 19.0 Å². The Morgan fingerprint density at radius 3 is 2.61 bits per heavy atom. The van der Waals surface area contributed by atoms with E-state index in [0.717, 1.165) is 0 Å². The largest absolute Gasteiger partial charge is 0.389 e. The van der Waals surface area contributed by atoms with E-state index in [1.807, 2.05) is 0 Å². The maximum Gasteiger partial charge on any atom is 0.389 e. The monoisotopic (exact) mass is 302 g/mol. The van der Waals surface area contributed by atoms with Crippen molar-refractivity contribution in [1.82, 2.24) is 4.98 Å². The molecule has 0 fully saturated rings. The summed E-state index contributed by atoms with van der Waals surface area (Å²) in [4.78, 5) is 3.64. The van der Waals surface area contributed by atoms with Gasteiger partial charge in [0.25, 0.3) is 0 Å². The number of pyridine rings is 1. The van der Waals surface area contributed by atoms with E-state index in [2.05, 4.69) is 9.71 Å². The number of hydrogen-bond donors (Lipinski definition) is 1. The molecule has 0 aliphatic rings. The molecule has 18 heavy (non-hydrogen) atoms. The molecule has 9 heteroatoms. The summed E-state index contributed by atoms with van der Waals surface area (Å²) in [5.41, 5.74) is 0.0474. The van der Waals surface area contributed by atoms with Gasteiger partial charge in [-0.05, 0) is 18.6 Å². The lowest BCUT2D eigenvalue weighted by atomic mass is 10.3. The quantitative estimate of drug-likeness (QED) is 0.851. The van der Waals surface area contributed by atoms with E-state index in [0.29, 0.717) is 0 Å². The van der Waals surface area contributed by atoms with Crippen LogP contribution in [0.25, 0.3) is 0 Å². The van der Waals surface area contributed by atoms with Gasteiger partial charge in [0.15, 0.2) is 5.15 Å². The van der Waals surface area contributed by atoms with Gasteiger partial charge in [-0.2, -0.15) is 13.2 Å². The molecule has 4 nitrogen and oxygen atoms in total. The maximum atomic E-state index is 11.9. The highest BCUT2D eigenvalue weighted by molar-refractivity contribution is 7.92. The summed E-state index contributed by atoms with van der Waals surface area (Å²) >= 11 is 5.62. The number of aromatic nitrogens is 1. The Bertz CT molecular complexity index is 505. The zero-order valence-electron chi connectivity index (χ0n) is 9.04. The number of nitrogens with one attached hydrogen (secondary N) is 1. The fourth-order valence-electron chi connectivity index (χ4n) is 1.14. The van der Waals surface area contributed by atoms with Gasteiger partial charge < -0.3 is 0 Å². The molecule has 0 spiro atoms. The Morgan fingerprint density at radius 1 is 1.39 bits per heavy atom. The molecule has 0 radical (unpaired) electrons. The van der Waals surface area contributed by atoms with Crippen LogP contribution in [0.2, 0.25) is 5.15 Å². The van der Waals surface area contributed by atoms with E-state index in [1.54, 1.807) is 0 Å². The van der Waals surface area contributed by atoms with Gasteiger partial charge in [-0.15, -0.1) is 0 Å². The molecule has 0 aliphatic heterocycles. The van der Waals surface area contributed by atoms with Crippen molar-refractivity contribution in [3.05, 3.63) is 23.5 Å². The van der Waals surface area contributed by atoms with Crippen molar-refractivity contribution in [2.24, 2.45) is 0 Å². The Kier molecular flexibility index (Phi) is 4.80. The Balaban J connectivity index is 2.58. The minimum atomic E-state index is -4.36. The van der Waals surface area contributed by atoms with Crippen molar-refractivity contribution in [3.8, 4) is 0 Å². The molecule has 1 aromatic rings. The summed E-state index contributed by atoms with van der Waals surface area (Å²) in [5, 5.41) is -0.0584. The summed E-state index contributed by atoms with van der Waals surface area (Å²) in [6.45, 7) is 0. The maximum absolute atomic E-state index is 11.9. The molecule has 1 heterocycles. The standard InChI is InChI=1S/C9H10ClF3N2O2S/c10-8-7(3-1-5-14-8)15-18(16,17)6-2-4-9(11,12)13/h1,3,5,15H,2,4,6H2. The van der Waals surface area contributed by atoms with Crippen LogP contribution in [0.5, 0.6) is 0 Å². The van der Waals surface area contributed by atoms with Gasteiger partial charge in [-0.3, -0.25) is 4.72 Å². The second-order valence-electron chi connectivity index (χ2n) is 3.48. The topological polar surface area (TPSA) is 59.1 Å². The third kappa shape index (κ3) is 5.54. The van der Waals surface area contributed by atoms with Crippen molar-refractivity contribution in [2.75, 3.05) is 10.5 Å². The molecule has 0 saturated carbocycles. The third-order valence-corrected chi connectivity index (χ3v) is 3.56. The second-order valence-corrected chi connectivity index (χ2v) is 5.68. The minimum absolute atomic E-state index is 0.0474. The summed E-state index contributed by atoms with van der Waals surface area (Å²) in [6, 6.07) is 2.83. The average molecular weight is 303 g/mol. The zero-order valence-corrected chi connectivity index (χ0v) is 10.6. The van der Waals surface area contributed by atoms with E-state index in [9.17, 15) is 21.6 Å². The summed E-state index contributed by atoms with van der Waals surface area (Å²) < 4.78 is 60.7. The number of halogens is 4. The van der Waals surface area contributed by atoms with Gasteiger partial charge in [-0.1, -0.05) is 11.6 Å². The van der Waals surface area contributed by atoms with Crippen LogP contribution in [0.15, 0.2) is 18.3 Å². The van der Waals surface area contributed by atoms with Gasteiger partial charge in [0.2, 0.25) is 10.0 Å². The fraction of sp³-hybridized carbons (Fsp3) is 0.444. The highest BCUT2D eigenvalue weighted by atomic mass is 35.5. The second kappa shape index (κ2) is 5.75. The first-order valence-corrected chi connectivity index (χ1v) is 6.90. The Hall–Kier alpha value is -1.02. The number of alkyl halides is 3. The van der Waals surface area contributed by atoms with Crippen LogP contribution in [-0.2, 0) is 10.0 Å². The number of sulfonamides is 1. The van der Waals surface area contributed by atoms with Crippen LogP contribution in [0.3, 0.4) is 0 Å². The molecule has 0 unspecified atom stereocenters. The lowest BCUT2D eigenvalue weighted by Gasteiger charge is -2.09. The third-order valence-electron chi connectivity index (χ3n) is 1.90. The van der Waals surface area contributed by atoms with Crippen LogP contribution in [0.1, 0.15) is 12.8 Å². The van der Waals surface area contributed by atoms with E-state index in [1.165, 1.54) is 18.3 Å². The first-order valence-electron chi connectivity index (χ1n) is 4.87. The predicted molar refractivity (Wildman–Crippen MR) is 61.9 cm³/mol. The smallest absolute Gasteiger partial charge is 0.280 e. The summed E-state index contributed by atoms with van der Waals surface area (Å²) in [5.74, 6) is -0.627. The molecular formula is C9H10ClF3N2O2S. The van der Waals surface area contributed by atoms with Crippen molar-refractivity contribution < 1.29 is 21.6 Å². The van der Waals surface area contributed by atoms with Crippen LogP contribution in [0, 0.1) is 0 Å². The van der Waals surface area contributed by atoms with Gasteiger partial charge in [0, 0.05) is 12.6 Å². The summed E-state index contributed by atoms with van der Waals surface area (Å²) in [7, 11) is -3.85. The Morgan fingerprint density at radius 2 is 2.06 bits per heavy atom. The normalized spacial score (nSPS) is 12.4. The average Bonchev–Trinajstić information content (AvgIpc) is 2.18. The molecule has 102 valence electrons. The molecule has 0 atom stereocenters. The lowest BCUT2D eigenvalue weighted by Crippen LogP contribution is -2.19. The number of nitrogens with zero attached hydrogens (tertiary/aromatic N) is 1. The first-order chi connectivity index (χ1) is 8.20. The molecular weight excluding hydrogens is 293 g/mol. The van der Waals surface area contributed by atoms with E-state index < -0.39 is 34.8 Å². The number of anilines is 1. The molecule has 1 aromatic heterocycles. The Labute approximate surface area is 107 Å². The molecule has 0 bridgehead atoms. The van der Waals surface area contributed by atoms with Crippen molar-refractivity contribution in [1.29, 1.82) is 0 Å². The summed E-state index contributed by atoms with van der Waals surface area (Å²) in [6.07, 6.45) is -4.64. The number of rotatable bonds is 5. The highest BCUT2D eigenvalue weighted by Gasteiger charge is 2.27. The van der Waals surface area contributed by atoms with Crippen LogP contribution >= 0.6 is 11.6 Å². The molecule has 0 aromatic carbocycles. The van der Waals surface area contributed by atoms with Gasteiger partial charge >= 0.3 is 6.18 Å². The van der Waals surface area contributed by atoms with Crippen LogP contribution in [-0.4, -0.2) is 25.3 Å². The van der Waals surface area contributed by atoms with Gasteiger partial charge in [-0.25, -0.2) is 13.4 Å². The molecule has 0 amide bonds. The van der Waals surface area contributed by atoms with E-state index in [-0.39, 0.29) is 10.8 Å². The SMILES string of the molecule is O=S(=O)(CCCC(F)(F)F)Nc1cccnc1Cl. The van der Waals surface area contributed by atoms with Crippen molar-refractivity contribution in [3.63, 3.8) is 0 Å². The van der Waals surface area contributed by atoms with Gasteiger partial charge in [0.05, 0.1) is 11.4 Å². The molecule has 0 saturated heterocycles. The predicted octanol–water partition coefficient (Wildman–Crippen LogP) is 2.82. The zero-order chi connectivity index (χ0) is 13.8. The lowest BCUT2D eigenvalue weighted by molar-refractivity contribution is -0.134. The molecule has 0 aliphatic carbocycles.